The molecule has 4 N–H and O–H groups in total. The molecule has 48 heavy (non-hydrogen) atoms. The number of carbonyl (C=O) groups excluding carboxylic acids is 2. The second-order valence-electron chi connectivity index (χ2n) is 14.7. The Kier molecular flexibility index (Phi) is 10.2. The number of aliphatic hydroxyl groups is 1. The lowest BCUT2D eigenvalue weighted by Crippen LogP contribution is -2.57. The van der Waals surface area contributed by atoms with Crippen LogP contribution in [0.15, 0.2) is 30.5 Å². The van der Waals surface area contributed by atoms with Crippen LogP contribution < -0.4 is 20.7 Å². The Morgan fingerprint density at radius 3 is 2.73 bits per heavy atom. The van der Waals surface area contributed by atoms with Crippen molar-refractivity contribution in [3.8, 4) is 5.75 Å². The number of aliphatic hydroxyl groups excluding tert-OH is 1. The molecule has 4 heterocycles. The number of nitrogens with one attached hydrogen (secondary N) is 3. The van der Waals surface area contributed by atoms with Crippen LogP contribution in [0.25, 0.3) is 0 Å². The normalized spacial score (nSPS) is 23.5. The number of amides is 2. The average molecular weight is 661 g/mol. The van der Waals surface area contributed by atoms with Crippen LogP contribution in [0.4, 0.5) is 5.82 Å². The molecular weight excluding hydrogens is 608 g/mol. The molecule has 7 rings (SSSR count). The molecule has 5 aliphatic rings. The molecule has 1 aromatic heterocycles. The summed E-state index contributed by atoms with van der Waals surface area (Å²) in [5, 5.41) is 20.7. The van der Waals surface area contributed by atoms with Crippen molar-refractivity contribution in [1.29, 1.82) is 0 Å². The van der Waals surface area contributed by atoms with Gasteiger partial charge in [-0.05, 0) is 73.9 Å². The number of hydrogen-bond donors (Lipinski definition) is 4. The number of nitrogens with zero attached hydrogens (tertiary/aromatic N) is 3. The fourth-order valence-electron chi connectivity index (χ4n) is 8.03. The Bertz CT molecular complexity index is 1450. The first-order valence-electron chi connectivity index (χ1n) is 18.2. The van der Waals surface area contributed by atoms with Crippen molar-refractivity contribution in [2.45, 2.75) is 101 Å². The lowest BCUT2D eigenvalue weighted by atomic mass is 9.80. The number of rotatable bonds is 11. The van der Waals surface area contributed by atoms with E-state index >= 15 is 0 Å². The van der Waals surface area contributed by atoms with Crippen LogP contribution in [-0.2, 0) is 22.5 Å². The number of aromatic nitrogens is 1. The van der Waals surface area contributed by atoms with Gasteiger partial charge in [-0.1, -0.05) is 38.2 Å². The van der Waals surface area contributed by atoms with Crippen LogP contribution in [0, 0.1) is 12.8 Å². The van der Waals surface area contributed by atoms with Crippen molar-refractivity contribution >= 4 is 17.6 Å². The number of carbonyl (C=O) groups is 2. The van der Waals surface area contributed by atoms with Gasteiger partial charge in [0.2, 0.25) is 5.91 Å². The molecule has 3 aliphatic heterocycles. The number of benzene rings is 1. The molecule has 2 saturated heterocycles. The predicted molar refractivity (Wildman–Crippen MR) is 183 cm³/mol. The lowest BCUT2D eigenvalue weighted by Gasteiger charge is -2.40. The number of pyridine rings is 1. The van der Waals surface area contributed by atoms with Crippen molar-refractivity contribution in [3.05, 3.63) is 52.7 Å². The van der Waals surface area contributed by atoms with Gasteiger partial charge >= 0.3 is 0 Å². The highest BCUT2D eigenvalue weighted by Gasteiger charge is 2.44. The third-order valence-electron chi connectivity index (χ3n) is 11.1. The van der Waals surface area contributed by atoms with Gasteiger partial charge in [-0.2, -0.15) is 0 Å². The highest BCUT2D eigenvalue weighted by atomic mass is 16.5. The average Bonchev–Trinajstić information content (AvgIpc) is 3.84. The number of β-amino-alcohol motifs (C(OH)–C–C–N with tert-alkyl or cyclic N) is 1. The van der Waals surface area contributed by atoms with Crippen LogP contribution in [0.1, 0.15) is 84.8 Å². The van der Waals surface area contributed by atoms with Gasteiger partial charge in [0.05, 0.1) is 18.9 Å². The first-order chi connectivity index (χ1) is 23.4. The smallest absolute Gasteiger partial charge is 0.251 e. The molecule has 0 radical (unpaired) electrons. The predicted octanol–water partition coefficient (Wildman–Crippen LogP) is 3.38. The van der Waals surface area contributed by atoms with Gasteiger partial charge in [0.15, 0.2) is 0 Å². The number of anilines is 1. The van der Waals surface area contributed by atoms with Crippen molar-refractivity contribution < 1.29 is 24.2 Å². The molecule has 0 bridgehead atoms. The summed E-state index contributed by atoms with van der Waals surface area (Å²) >= 11 is 0. The Morgan fingerprint density at radius 1 is 1.15 bits per heavy atom. The molecule has 2 aromatic rings. The SMILES string of the molecule is Cc1c(OCC2OCNC23CCCCCCC3)ccc2c1CCN(C[C@@H](O)CNC(=O)c1ccnc(NC3CN(C(=O)C4CC4)C3)c1)C2. The van der Waals surface area contributed by atoms with Crippen molar-refractivity contribution in [3.63, 3.8) is 0 Å². The van der Waals surface area contributed by atoms with E-state index in [-0.39, 0.29) is 42.0 Å². The Labute approximate surface area is 284 Å². The summed E-state index contributed by atoms with van der Waals surface area (Å²) in [6.07, 6.45) is 12.7. The molecular formula is C37H52N6O5. The quantitative estimate of drug-likeness (QED) is 0.287. The van der Waals surface area contributed by atoms with Gasteiger partial charge in [0, 0.05) is 62.5 Å². The molecule has 2 amide bonds. The molecule has 11 heteroatoms. The summed E-state index contributed by atoms with van der Waals surface area (Å²) in [6, 6.07) is 7.80. The zero-order valence-corrected chi connectivity index (χ0v) is 28.3. The molecule has 4 fully saturated rings. The molecule has 11 nitrogen and oxygen atoms in total. The maximum atomic E-state index is 12.9. The molecule has 1 aromatic carbocycles. The van der Waals surface area contributed by atoms with E-state index in [0.29, 0.717) is 44.4 Å². The standard InChI is InChI=1S/C37H52N6O5/c1-25-31-12-16-42(19-28(31)9-10-32(25)47-23-33-37(40-24-48-33)13-5-3-2-4-6-14-37)22-30(44)18-39-35(45)27-11-15-38-34(17-27)41-29-20-43(21-29)36(46)26-7-8-26/h9-11,15,17,26,29-30,33,40,44H,2-8,12-14,16,18-24H2,1H3,(H,38,41)(H,39,45)/t30-,33?/m0/s1. The fraction of sp³-hybridized carbons (Fsp3) is 0.649. The van der Waals surface area contributed by atoms with Gasteiger partial charge in [0.1, 0.15) is 24.3 Å². The Balaban J connectivity index is 0.857. The summed E-state index contributed by atoms with van der Waals surface area (Å²) in [5.74, 6) is 1.81. The second-order valence-corrected chi connectivity index (χ2v) is 14.7. The maximum absolute atomic E-state index is 12.9. The van der Waals surface area contributed by atoms with Gasteiger partial charge in [-0.15, -0.1) is 0 Å². The minimum Gasteiger partial charge on any atom is -0.491 e. The summed E-state index contributed by atoms with van der Waals surface area (Å²) in [5.41, 5.74) is 4.33. The van der Waals surface area contributed by atoms with Crippen LogP contribution in [0.2, 0.25) is 0 Å². The van der Waals surface area contributed by atoms with E-state index in [1.165, 1.54) is 48.8 Å². The van der Waals surface area contributed by atoms with Crippen molar-refractivity contribution in [2.75, 3.05) is 51.4 Å². The lowest BCUT2D eigenvalue weighted by molar-refractivity contribution is -0.136. The van der Waals surface area contributed by atoms with Gasteiger partial charge in [-0.3, -0.25) is 19.8 Å². The summed E-state index contributed by atoms with van der Waals surface area (Å²) < 4.78 is 12.6. The van der Waals surface area contributed by atoms with E-state index in [2.05, 4.69) is 44.9 Å². The molecule has 2 aliphatic carbocycles. The van der Waals surface area contributed by atoms with E-state index in [0.717, 1.165) is 50.9 Å². The number of fused-ring (bicyclic) bond motifs is 1. The minimum atomic E-state index is -0.691. The summed E-state index contributed by atoms with van der Waals surface area (Å²) in [4.78, 5) is 33.6. The van der Waals surface area contributed by atoms with Crippen molar-refractivity contribution in [1.82, 2.24) is 25.4 Å². The van der Waals surface area contributed by atoms with Crippen molar-refractivity contribution in [2.24, 2.45) is 5.92 Å². The first kappa shape index (κ1) is 33.3. The van der Waals surface area contributed by atoms with E-state index < -0.39 is 6.10 Å². The third-order valence-corrected chi connectivity index (χ3v) is 11.1. The maximum Gasteiger partial charge on any atom is 0.251 e. The van der Waals surface area contributed by atoms with E-state index in [4.69, 9.17) is 9.47 Å². The van der Waals surface area contributed by atoms with E-state index in [1.54, 1.807) is 18.3 Å². The van der Waals surface area contributed by atoms with Gasteiger partial charge in [0.25, 0.3) is 5.91 Å². The van der Waals surface area contributed by atoms with Crippen LogP contribution in [0.5, 0.6) is 5.75 Å². The third kappa shape index (κ3) is 7.64. The minimum absolute atomic E-state index is 0.0401. The van der Waals surface area contributed by atoms with Gasteiger partial charge < -0.3 is 30.1 Å². The topological polar surface area (TPSA) is 128 Å². The van der Waals surface area contributed by atoms with Gasteiger partial charge in [-0.25, -0.2) is 4.98 Å². The Hall–Kier alpha value is -3.25. The zero-order valence-electron chi connectivity index (χ0n) is 28.3. The fourth-order valence-corrected chi connectivity index (χ4v) is 8.03. The first-order valence-corrected chi connectivity index (χ1v) is 18.2. The Morgan fingerprint density at radius 2 is 1.94 bits per heavy atom. The summed E-state index contributed by atoms with van der Waals surface area (Å²) in [6.45, 7) is 6.91. The highest BCUT2D eigenvalue weighted by Crippen LogP contribution is 2.36. The number of ether oxygens (including phenoxy) is 2. The van der Waals surface area contributed by atoms with E-state index in [9.17, 15) is 14.7 Å². The monoisotopic (exact) mass is 660 g/mol. The van der Waals surface area contributed by atoms with Crippen LogP contribution in [0.3, 0.4) is 0 Å². The molecule has 2 atom stereocenters. The summed E-state index contributed by atoms with van der Waals surface area (Å²) in [7, 11) is 0. The van der Waals surface area contributed by atoms with Crippen LogP contribution >= 0.6 is 0 Å². The molecule has 1 spiro atoms. The second kappa shape index (κ2) is 14.7. The van der Waals surface area contributed by atoms with Crippen LogP contribution in [-0.4, -0.2) is 102 Å². The number of likely N-dealkylation sites (tertiary alicyclic amines) is 1. The molecule has 260 valence electrons. The molecule has 1 unspecified atom stereocenters. The van der Waals surface area contributed by atoms with E-state index in [1.807, 2.05) is 4.90 Å². The largest absolute Gasteiger partial charge is 0.491 e. The number of hydrogen-bond acceptors (Lipinski definition) is 9. The highest BCUT2D eigenvalue weighted by molar-refractivity contribution is 5.94. The molecule has 2 saturated carbocycles. The zero-order chi connectivity index (χ0) is 33.1.